The Morgan fingerprint density at radius 3 is 2.80 bits per heavy atom. The van der Waals surface area contributed by atoms with E-state index in [0.717, 1.165) is 17.7 Å². The van der Waals surface area contributed by atoms with E-state index in [1.54, 1.807) is 12.1 Å². The highest BCUT2D eigenvalue weighted by Crippen LogP contribution is 2.25. The molecule has 1 aliphatic rings. The molecule has 1 fully saturated rings. The zero-order valence-electron chi connectivity index (χ0n) is 12.0. The zero-order valence-corrected chi connectivity index (χ0v) is 12.8. The summed E-state index contributed by atoms with van der Waals surface area (Å²) in [6.07, 6.45) is 1.38. The lowest BCUT2D eigenvalue weighted by atomic mass is 9.91. The number of hydrogen-bond acceptors (Lipinski definition) is 3. The van der Waals surface area contributed by atoms with Crippen LogP contribution in [0.4, 0.5) is 4.39 Å². The summed E-state index contributed by atoms with van der Waals surface area (Å²) in [5.74, 6) is 0.420. The van der Waals surface area contributed by atoms with Crippen molar-refractivity contribution in [2.75, 3.05) is 18.1 Å². The molecule has 1 N–H and O–H groups in total. The van der Waals surface area contributed by atoms with Gasteiger partial charge in [0.15, 0.2) is 9.84 Å². The summed E-state index contributed by atoms with van der Waals surface area (Å²) in [4.78, 5) is 0. The molecule has 0 amide bonds. The number of aryl methyl sites for hydroxylation is 1. The number of nitrogens with one attached hydrogen (secondary N) is 1. The lowest BCUT2D eigenvalue weighted by Crippen LogP contribution is -2.38. The molecule has 112 valence electrons. The minimum absolute atomic E-state index is 0.0952. The van der Waals surface area contributed by atoms with Gasteiger partial charge < -0.3 is 5.32 Å². The van der Waals surface area contributed by atoms with Crippen LogP contribution in [0, 0.1) is 18.7 Å². The molecule has 20 heavy (non-hydrogen) atoms. The maximum Gasteiger partial charge on any atom is 0.150 e. The first-order valence-electron chi connectivity index (χ1n) is 7.10. The van der Waals surface area contributed by atoms with E-state index >= 15 is 0 Å². The number of benzene rings is 1. The Bertz CT molecular complexity index is 571. The van der Waals surface area contributed by atoms with Crippen LogP contribution in [-0.4, -0.2) is 32.5 Å². The molecule has 1 aromatic rings. The van der Waals surface area contributed by atoms with Crippen LogP contribution in [0.3, 0.4) is 0 Å². The lowest BCUT2D eigenvalue weighted by molar-refractivity contribution is 0.385. The molecular formula is C15H22FNO2S. The molecule has 1 aliphatic heterocycles. The van der Waals surface area contributed by atoms with E-state index in [-0.39, 0.29) is 29.3 Å². The van der Waals surface area contributed by atoms with Gasteiger partial charge >= 0.3 is 0 Å². The summed E-state index contributed by atoms with van der Waals surface area (Å²) < 4.78 is 36.6. The van der Waals surface area contributed by atoms with Gasteiger partial charge in [-0.15, -0.1) is 0 Å². The highest BCUT2D eigenvalue weighted by Gasteiger charge is 2.33. The molecule has 0 bridgehead atoms. The fourth-order valence-corrected chi connectivity index (χ4v) is 4.79. The summed E-state index contributed by atoms with van der Waals surface area (Å²) in [6.45, 7) is 4.76. The third kappa shape index (κ3) is 3.79. The first-order valence-corrected chi connectivity index (χ1v) is 8.92. The molecular weight excluding hydrogens is 277 g/mol. The second-order valence-electron chi connectivity index (χ2n) is 5.60. The van der Waals surface area contributed by atoms with Gasteiger partial charge in [0.25, 0.3) is 0 Å². The van der Waals surface area contributed by atoms with Crippen LogP contribution in [0.5, 0.6) is 0 Å². The van der Waals surface area contributed by atoms with Crippen molar-refractivity contribution in [3.8, 4) is 0 Å². The van der Waals surface area contributed by atoms with E-state index in [9.17, 15) is 12.8 Å². The molecule has 1 heterocycles. The second kappa shape index (κ2) is 6.22. The van der Waals surface area contributed by atoms with Crippen molar-refractivity contribution in [3.63, 3.8) is 0 Å². The Kier molecular flexibility index (Phi) is 4.81. The van der Waals surface area contributed by atoms with Crippen LogP contribution in [-0.2, 0) is 16.3 Å². The van der Waals surface area contributed by atoms with Crippen LogP contribution in [0.25, 0.3) is 0 Å². The third-order valence-corrected chi connectivity index (χ3v) is 5.85. The molecule has 2 unspecified atom stereocenters. The Labute approximate surface area is 120 Å². The average molecular weight is 299 g/mol. The van der Waals surface area contributed by atoms with E-state index in [1.165, 1.54) is 6.07 Å². The maximum absolute atomic E-state index is 13.4. The van der Waals surface area contributed by atoms with Crippen molar-refractivity contribution in [2.24, 2.45) is 5.92 Å². The minimum Gasteiger partial charge on any atom is -0.314 e. The monoisotopic (exact) mass is 299 g/mol. The van der Waals surface area contributed by atoms with Gasteiger partial charge in [-0.1, -0.05) is 13.0 Å². The van der Waals surface area contributed by atoms with Crippen LogP contribution in [0.15, 0.2) is 18.2 Å². The molecule has 1 aromatic carbocycles. The molecule has 0 saturated carbocycles. The minimum atomic E-state index is -2.88. The Morgan fingerprint density at radius 1 is 1.45 bits per heavy atom. The van der Waals surface area contributed by atoms with Crippen molar-refractivity contribution in [2.45, 2.75) is 32.7 Å². The van der Waals surface area contributed by atoms with E-state index < -0.39 is 9.84 Å². The average Bonchev–Trinajstić information content (AvgIpc) is 2.73. The number of rotatable bonds is 5. The van der Waals surface area contributed by atoms with Gasteiger partial charge in [0.2, 0.25) is 0 Å². The zero-order chi connectivity index (χ0) is 14.8. The highest BCUT2D eigenvalue weighted by atomic mass is 32.2. The lowest BCUT2D eigenvalue weighted by Gasteiger charge is -2.24. The summed E-state index contributed by atoms with van der Waals surface area (Å²) in [7, 11) is -2.88. The van der Waals surface area contributed by atoms with Crippen molar-refractivity contribution in [1.82, 2.24) is 5.32 Å². The number of halogens is 1. The summed E-state index contributed by atoms with van der Waals surface area (Å²) in [5.41, 5.74) is 2.01. The molecule has 0 aromatic heterocycles. The largest absolute Gasteiger partial charge is 0.314 e. The molecule has 0 radical (unpaired) electrons. The molecule has 0 spiro atoms. The van der Waals surface area contributed by atoms with Crippen LogP contribution < -0.4 is 5.32 Å². The van der Waals surface area contributed by atoms with Crippen LogP contribution in [0.1, 0.15) is 24.5 Å². The van der Waals surface area contributed by atoms with Crippen LogP contribution >= 0.6 is 0 Å². The van der Waals surface area contributed by atoms with E-state index in [4.69, 9.17) is 0 Å². The SMILES string of the molecule is CCNC(Cc1cc(F)ccc1C)C1CCS(=O)(=O)C1. The van der Waals surface area contributed by atoms with Gasteiger partial charge in [-0.3, -0.25) is 0 Å². The van der Waals surface area contributed by atoms with Gasteiger partial charge in [-0.2, -0.15) is 0 Å². The van der Waals surface area contributed by atoms with Gasteiger partial charge in [0, 0.05) is 6.04 Å². The van der Waals surface area contributed by atoms with Crippen molar-refractivity contribution < 1.29 is 12.8 Å². The third-order valence-electron chi connectivity index (χ3n) is 4.05. The summed E-state index contributed by atoms with van der Waals surface area (Å²) in [5, 5.41) is 3.37. The fourth-order valence-electron chi connectivity index (χ4n) is 2.91. The highest BCUT2D eigenvalue weighted by molar-refractivity contribution is 7.91. The van der Waals surface area contributed by atoms with E-state index in [1.807, 2.05) is 13.8 Å². The number of hydrogen-bond donors (Lipinski definition) is 1. The van der Waals surface area contributed by atoms with Crippen molar-refractivity contribution in [3.05, 3.63) is 35.1 Å². The van der Waals surface area contributed by atoms with E-state index in [2.05, 4.69) is 5.32 Å². The van der Waals surface area contributed by atoms with Gasteiger partial charge in [-0.25, -0.2) is 12.8 Å². The van der Waals surface area contributed by atoms with Crippen molar-refractivity contribution >= 4 is 9.84 Å². The summed E-state index contributed by atoms with van der Waals surface area (Å²) >= 11 is 0. The normalized spacial score (nSPS) is 22.9. The predicted molar refractivity (Wildman–Crippen MR) is 79.1 cm³/mol. The smallest absolute Gasteiger partial charge is 0.150 e. The van der Waals surface area contributed by atoms with Crippen molar-refractivity contribution in [1.29, 1.82) is 0 Å². The maximum atomic E-state index is 13.4. The molecule has 3 nitrogen and oxygen atoms in total. The molecule has 1 saturated heterocycles. The fraction of sp³-hybridized carbons (Fsp3) is 0.600. The Hall–Kier alpha value is -0.940. The Balaban J connectivity index is 2.15. The predicted octanol–water partition coefficient (Wildman–Crippen LogP) is 2.09. The first kappa shape index (κ1) is 15.4. The molecule has 2 rings (SSSR count). The topological polar surface area (TPSA) is 46.2 Å². The number of sulfone groups is 1. The molecule has 5 heteroatoms. The molecule has 2 atom stereocenters. The van der Waals surface area contributed by atoms with Gasteiger partial charge in [0.1, 0.15) is 5.82 Å². The van der Waals surface area contributed by atoms with E-state index in [0.29, 0.717) is 12.8 Å². The first-order chi connectivity index (χ1) is 9.41. The van der Waals surface area contributed by atoms with Crippen LogP contribution in [0.2, 0.25) is 0 Å². The summed E-state index contributed by atoms with van der Waals surface area (Å²) in [6, 6.07) is 4.89. The van der Waals surface area contributed by atoms with Gasteiger partial charge in [-0.05, 0) is 55.5 Å². The quantitative estimate of drug-likeness (QED) is 0.905. The van der Waals surface area contributed by atoms with Gasteiger partial charge in [0.05, 0.1) is 11.5 Å². The standard InChI is InChI=1S/C15H22FNO2S/c1-3-17-15(12-6-7-20(18,19)10-12)9-13-8-14(16)5-4-11(13)2/h4-5,8,12,15,17H,3,6-7,9-10H2,1-2H3. The number of likely N-dealkylation sites (N-methyl/N-ethyl adjacent to an activating group) is 1. The Morgan fingerprint density at radius 2 is 2.20 bits per heavy atom. The molecule has 0 aliphatic carbocycles. The second-order valence-corrected chi connectivity index (χ2v) is 7.83.